The van der Waals surface area contributed by atoms with Gasteiger partial charge in [-0.2, -0.15) is 0 Å². The van der Waals surface area contributed by atoms with E-state index in [2.05, 4.69) is 56.1 Å². The van der Waals surface area contributed by atoms with Crippen LogP contribution in [0, 0.1) is 17.8 Å². The number of aliphatic hydroxyl groups is 1. The lowest BCUT2D eigenvalue weighted by Crippen LogP contribution is -2.48. The molecule has 3 aliphatic heterocycles. The summed E-state index contributed by atoms with van der Waals surface area (Å²) in [5.74, 6) is -0.939. The van der Waals surface area contributed by atoms with Gasteiger partial charge in [-0.3, -0.25) is 4.79 Å². The Morgan fingerprint density at radius 3 is 2.45 bits per heavy atom. The zero-order valence-corrected chi connectivity index (χ0v) is 29.6. The molecule has 0 aromatic rings. The summed E-state index contributed by atoms with van der Waals surface area (Å²) in [6.45, 7) is 14.8. The van der Waals surface area contributed by atoms with E-state index in [9.17, 15) is 24.6 Å². The Labute approximate surface area is 291 Å². The molecular weight excluding hydrogens is 606 g/mol. The minimum atomic E-state index is -1.17. The number of epoxide rings is 1. The summed E-state index contributed by atoms with van der Waals surface area (Å²) >= 11 is 0. The molecule has 47 heavy (non-hydrogen) atoms. The summed E-state index contributed by atoms with van der Waals surface area (Å²) in [5.41, 5.74) is 0.814. The van der Waals surface area contributed by atoms with Gasteiger partial charge in [0.05, 0.1) is 49.1 Å². The van der Waals surface area contributed by atoms with E-state index in [0.717, 1.165) is 31.5 Å². The number of carboxylic acid groups (broad SMARTS) is 1. The quantitative estimate of drug-likeness (QED) is 0.144. The number of carbonyl (C=O) groups is 3. The Morgan fingerprint density at radius 2 is 1.83 bits per heavy atom. The molecule has 0 aromatic heterocycles. The molecule has 0 spiro atoms. The van der Waals surface area contributed by atoms with E-state index in [1.165, 1.54) is 0 Å². The molecule has 0 aliphatic carbocycles. The molecule has 10 atom stereocenters. The molecule has 0 radical (unpaired) electrons. The molecular formula is C35H73N3O9. The second kappa shape index (κ2) is 17.8. The van der Waals surface area contributed by atoms with Gasteiger partial charge in [-0.15, -0.1) is 0 Å². The SMILES string of the molecule is CO[C@H]([C@@H](C)[C@H]1O[C@]1(C)C[C@H](C)/C=C/C=C(\C)[C@H]1O[C@@H](CC(=O)N[C@@H](CCOC(=O)N2CCN(C)CC2)C(=O)O)CC[C@@H]1C)[C@@H](C)O.[HH].[HH].[HH].[HH].[HH].[HH].[HH]. The average molecular weight is 680 g/mol. The molecule has 282 valence electrons. The fourth-order valence-corrected chi connectivity index (χ4v) is 7.08. The maximum Gasteiger partial charge on any atom is 0.409 e. The predicted octanol–water partition coefficient (Wildman–Crippen LogP) is 5.34. The Bertz CT molecular complexity index is 1140. The number of aliphatic carboxylic acids is 1. The monoisotopic (exact) mass is 680 g/mol. The highest BCUT2D eigenvalue weighted by Gasteiger charge is 2.56. The number of carbonyl (C=O) groups excluding carboxylic acids is 2. The van der Waals surface area contributed by atoms with Crippen LogP contribution in [0.3, 0.4) is 0 Å². The first-order chi connectivity index (χ1) is 22.1. The highest BCUT2D eigenvalue weighted by Crippen LogP contribution is 2.47. The second-order valence-corrected chi connectivity index (χ2v) is 14.2. The van der Waals surface area contributed by atoms with Gasteiger partial charge in [0.1, 0.15) is 6.04 Å². The first kappa shape index (κ1) is 38.9. The lowest BCUT2D eigenvalue weighted by Gasteiger charge is -2.35. The fourth-order valence-electron chi connectivity index (χ4n) is 7.08. The number of likely N-dealkylation sites (N-methyl/N-ethyl adjacent to an activating group) is 1. The van der Waals surface area contributed by atoms with Crippen molar-refractivity contribution in [1.29, 1.82) is 0 Å². The average Bonchev–Trinajstić information content (AvgIpc) is 3.67. The molecule has 0 saturated carbocycles. The molecule has 12 heteroatoms. The lowest BCUT2D eigenvalue weighted by molar-refractivity contribution is -0.143. The molecule has 3 aliphatic rings. The van der Waals surface area contributed by atoms with Crippen LogP contribution < -0.4 is 5.32 Å². The van der Waals surface area contributed by atoms with E-state index in [-0.39, 0.29) is 77.2 Å². The summed E-state index contributed by atoms with van der Waals surface area (Å²) in [6.07, 6.45) is 7.05. The lowest BCUT2D eigenvalue weighted by atomic mass is 9.85. The van der Waals surface area contributed by atoms with Crippen LogP contribution >= 0.6 is 0 Å². The molecule has 12 nitrogen and oxygen atoms in total. The number of hydrogen-bond donors (Lipinski definition) is 3. The third kappa shape index (κ3) is 11.6. The van der Waals surface area contributed by atoms with Crippen LogP contribution in [0.25, 0.3) is 0 Å². The van der Waals surface area contributed by atoms with Crippen LogP contribution in [-0.4, -0.2) is 127 Å². The van der Waals surface area contributed by atoms with Crippen LogP contribution in [0.2, 0.25) is 0 Å². The van der Waals surface area contributed by atoms with Gasteiger partial charge in [0, 0.05) is 55.6 Å². The van der Waals surface area contributed by atoms with Gasteiger partial charge in [0.15, 0.2) is 0 Å². The van der Waals surface area contributed by atoms with Crippen molar-refractivity contribution in [3.8, 4) is 0 Å². The predicted molar refractivity (Wildman–Crippen MR) is 193 cm³/mol. The Hall–Kier alpha value is -2.51. The molecule has 3 N–H and O–H groups in total. The van der Waals surface area contributed by atoms with E-state index in [0.29, 0.717) is 19.5 Å². The van der Waals surface area contributed by atoms with Gasteiger partial charge < -0.3 is 44.3 Å². The Balaban J connectivity index is -0.00000114. The molecule has 0 unspecified atom stereocenters. The van der Waals surface area contributed by atoms with Crippen molar-refractivity contribution < 1.29 is 53.5 Å². The highest BCUT2D eigenvalue weighted by molar-refractivity contribution is 5.83. The number of piperazine rings is 1. The molecule has 3 fully saturated rings. The second-order valence-electron chi connectivity index (χ2n) is 14.2. The van der Waals surface area contributed by atoms with Gasteiger partial charge >= 0.3 is 12.1 Å². The van der Waals surface area contributed by atoms with Crippen molar-refractivity contribution >= 4 is 18.0 Å². The summed E-state index contributed by atoms with van der Waals surface area (Å²) in [5, 5.41) is 22.3. The van der Waals surface area contributed by atoms with Crippen molar-refractivity contribution in [3.63, 3.8) is 0 Å². The zero-order valence-electron chi connectivity index (χ0n) is 29.6. The van der Waals surface area contributed by atoms with Crippen LogP contribution in [0.15, 0.2) is 23.8 Å². The molecule has 3 saturated heterocycles. The van der Waals surface area contributed by atoms with Gasteiger partial charge in [0.2, 0.25) is 5.91 Å². The van der Waals surface area contributed by atoms with Crippen LogP contribution in [0.4, 0.5) is 4.79 Å². The van der Waals surface area contributed by atoms with E-state index < -0.39 is 30.1 Å². The number of nitrogens with zero attached hydrogens (tertiary/aromatic N) is 2. The highest BCUT2D eigenvalue weighted by atomic mass is 16.6. The normalized spacial score (nSPS) is 30.3. The van der Waals surface area contributed by atoms with Gasteiger partial charge in [0.25, 0.3) is 0 Å². The molecule has 0 bridgehead atoms. The first-order valence-electron chi connectivity index (χ1n) is 17.2. The van der Waals surface area contributed by atoms with Crippen LogP contribution in [-0.2, 0) is 28.5 Å². The molecule has 3 heterocycles. The number of hydrogen-bond acceptors (Lipinski definition) is 9. The minimum Gasteiger partial charge on any atom is -0.480 e. The third-order valence-electron chi connectivity index (χ3n) is 9.90. The zero-order chi connectivity index (χ0) is 34.9. The van der Waals surface area contributed by atoms with Gasteiger partial charge in [-0.25, -0.2) is 9.59 Å². The summed E-state index contributed by atoms with van der Waals surface area (Å²) in [6, 6.07) is -1.16. The fraction of sp³-hybridized carbons (Fsp3) is 0.800. The van der Waals surface area contributed by atoms with Crippen molar-refractivity contribution in [2.45, 2.75) is 116 Å². The van der Waals surface area contributed by atoms with Crippen LogP contribution in [0.5, 0.6) is 0 Å². The number of rotatable bonds is 16. The number of ether oxygens (including phenoxy) is 4. The summed E-state index contributed by atoms with van der Waals surface area (Å²) in [7, 11) is 3.61. The number of nitrogens with one attached hydrogen (secondary N) is 1. The minimum absolute atomic E-state index is 0. The number of carboxylic acids is 1. The van der Waals surface area contributed by atoms with Crippen molar-refractivity contribution in [2.24, 2.45) is 17.8 Å². The maximum atomic E-state index is 12.8. The van der Waals surface area contributed by atoms with E-state index in [1.54, 1.807) is 18.9 Å². The third-order valence-corrected chi connectivity index (χ3v) is 9.90. The number of allylic oxidation sites excluding steroid dienone is 3. The number of amides is 2. The summed E-state index contributed by atoms with van der Waals surface area (Å²) < 4.78 is 23.2. The van der Waals surface area contributed by atoms with E-state index in [1.807, 2.05) is 14.0 Å². The largest absolute Gasteiger partial charge is 0.480 e. The smallest absolute Gasteiger partial charge is 0.409 e. The number of methoxy groups -OCH3 is 1. The van der Waals surface area contributed by atoms with E-state index >= 15 is 0 Å². The van der Waals surface area contributed by atoms with Crippen molar-refractivity contribution in [1.82, 2.24) is 15.1 Å². The summed E-state index contributed by atoms with van der Waals surface area (Å²) in [4.78, 5) is 40.7. The Kier molecular flexibility index (Phi) is 14.7. The van der Waals surface area contributed by atoms with E-state index in [4.69, 9.17) is 18.9 Å². The number of aliphatic hydroxyl groups excluding tert-OH is 1. The maximum absolute atomic E-state index is 12.8. The van der Waals surface area contributed by atoms with Crippen LogP contribution in [0.1, 0.15) is 83.6 Å². The molecule has 2 amide bonds. The Morgan fingerprint density at radius 1 is 1.15 bits per heavy atom. The molecule has 0 aromatic carbocycles. The van der Waals surface area contributed by atoms with Gasteiger partial charge in [-0.05, 0) is 64.5 Å². The van der Waals surface area contributed by atoms with Crippen molar-refractivity contribution in [3.05, 3.63) is 23.8 Å². The first-order valence-corrected chi connectivity index (χ1v) is 17.2. The topological polar surface area (TPSA) is 150 Å². The van der Waals surface area contributed by atoms with Crippen molar-refractivity contribution in [2.75, 3.05) is 46.9 Å². The molecule has 3 rings (SSSR count). The standard InChI is InChI=1S/C35H59N3O9.7H2/c1-22(21-35(6)32(47-35)25(4)31(44-8)26(5)39)10-9-11-23(2)30-24(3)12-13-27(46-30)20-29(40)36-28(33(41)42)14-19-45-34(43)38-17-15-37(7)16-18-38;;;;;;;/h9-11,22,24-28,30-32,39H,12-21H2,1-8H3,(H,36,40)(H,41,42);7*1H/b10-9+,23-11+;;;;;;;/t22-,24+,25-,26-,27-,28+,30-,31-,32-,35-;;;;;;;/m1......./s1. The van der Waals surface area contributed by atoms with Gasteiger partial charge in [-0.1, -0.05) is 39.0 Å².